The van der Waals surface area contributed by atoms with Gasteiger partial charge in [-0.25, -0.2) is 0 Å². The molecule has 0 aliphatic carbocycles. The molecular weight excluding hydrogens is 448 g/mol. The van der Waals surface area contributed by atoms with Crippen LogP contribution < -0.4 is 10.6 Å². The van der Waals surface area contributed by atoms with Gasteiger partial charge in [0.05, 0.1) is 23.9 Å². The lowest BCUT2D eigenvalue weighted by Crippen LogP contribution is -2.64. The van der Waals surface area contributed by atoms with Crippen LogP contribution in [-0.2, 0) is 17.0 Å². The summed E-state index contributed by atoms with van der Waals surface area (Å²) in [4.78, 5) is 0. The monoisotopic (exact) mass is 486 g/mol. The average Bonchev–Trinajstić information content (AvgIpc) is 3.06. The molecule has 1 aliphatic rings. The van der Waals surface area contributed by atoms with E-state index in [9.17, 15) is 0 Å². The minimum Gasteiger partial charge on any atom is -0.412 e. The Kier molecular flexibility index (Phi) is 9.85. The molecule has 7 heteroatoms. The fourth-order valence-electron chi connectivity index (χ4n) is 4.82. The van der Waals surface area contributed by atoms with Crippen molar-refractivity contribution in [2.24, 2.45) is 0 Å². The number of hydrogen-bond donors (Lipinski definition) is 2. The summed E-state index contributed by atoms with van der Waals surface area (Å²) in [6.07, 6.45) is 0.999. The van der Waals surface area contributed by atoms with Gasteiger partial charge in [-0.05, 0) is 52.2 Å². The Labute approximate surface area is 209 Å². The van der Waals surface area contributed by atoms with E-state index in [0.717, 1.165) is 30.8 Å². The molecule has 3 atom stereocenters. The maximum absolute atomic E-state index is 6.71. The van der Waals surface area contributed by atoms with Crippen LogP contribution in [0, 0.1) is 20.8 Å². The van der Waals surface area contributed by atoms with Gasteiger partial charge in [-0.2, -0.15) is 5.10 Å². The zero-order chi connectivity index (χ0) is 22.7. The van der Waals surface area contributed by atoms with Crippen molar-refractivity contribution < 1.29 is 10.2 Å². The molecule has 1 fully saturated rings. The molecule has 0 saturated carbocycles. The van der Waals surface area contributed by atoms with E-state index in [1.54, 1.807) is 0 Å². The Morgan fingerprint density at radius 1 is 1.06 bits per heavy atom. The third-order valence-electron chi connectivity index (χ3n) is 6.65. The van der Waals surface area contributed by atoms with E-state index in [2.05, 4.69) is 111 Å². The van der Waals surface area contributed by atoms with Crippen LogP contribution in [0.15, 0.2) is 60.7 Å². The van der Waals surface area contributed by atoms with Crippen LogP contribution >= 0.6 is 12.4 Å². The number of ether oxygens (including phenoxy) is 1. The first-order valence-corrected chi connectivity index (χ1v) is 11.7. The van der Waals surface area contributed by atoms with Crippen LogP contribution in [0.2, 0.25) is 0 Å². The van der Waals surface area contributed by atoms with E-state index in [-0.39, 0.29) is 36.1 Å². The lowest BCUT2D eigenvalue weighted by molar-refractivity contribution is -0.149. The second-order valence-corrected chi connectivity index (χ2v) is 9.20. The molecule has 1 aromatic heterocycles. The molecule has 0 radical (unpaired) electrons. The highest BCUT2D eigenvalue weighted by atomic mass is 35.5. The molecule has 4 rings (SSSR count). The first kappa shape index (κ1) is 28.0. The molecule has 1 saturated heterocycles. The Morgan fingerprint density at radius 2 is 1.68 bits per heavy atom. The first-order valence-electron chi connectivity index (χ1n) is 11.7. The van der Waals surface area contributed by atoms with Crippen molar-refractivity contribution in [3.63, 3.8) is 0 Å². The number of nitrogens with one attached hydrogen (secondary N) is 2. The Bertz CT molecular complexity index is 1030. The molecule has 34 heavy (non-hydrogen) atoms. The molecule has 3 unspecified atom stereocenters. The molecule has 186 valence electrons. The van der Waals surface area contributed by atoms with E-state index in [1.165, 1.54) is 16.8 Å². The van der Waals surface area contributed by atoms with Crippen molar-refractivity contribution in [2.75, 3.05) is 6.54 Å². The number of hydrogen-bond acceptors (Lipinski definition) is 4. The summed E-state index contributed by atoms with van der Waals surface area (Å²) in [7, 11) is 0. The predicted octanol–water partition coefficient (Wildman–Crippen LogP) is 4.38. The molecular formula is C27H39ClN4O2. The zero-order valence-electron chi connectivity index (χ0n) is 20.8. The number of benzene rings is 2. The van der Waals surface area contributed by atoms with Gasteiger partial charge in [0.2, 0.25) is 0 Å². The van der Waals surface area contributed by atoms with Gasteiger partial charge in [0.1, 0.15) is 0 Å². The van der Waals surface area contributed by atoms with Crippen molar-refractivity contribution in [3.8, 4) is 0 Å². The second kappa shape index (κ2) is 12.0. The predicted molar refractivity (Wildman–Crippen MR) is 140 cm³/mol. The van der Waals surface area contributed by atoms with Crippen molar-refractivity contribution >= 4 is 12.4 Å². The molecule has 6 nitrogen and oxygen atoms in total. The van der Waals surface area contributed by atoms with Gasteiger partial charge in [0.15, 0.2) is 5.72 Å². The summed E-state index contributed by atoms with van der Waals surface area (Å²) in [6, 6.07) is 21.5. The summed E-state index contributed by atoms with van der Waals surface area (Å²) >= 11 is 0. The van der Waals surface area contributed by atoms with Gasteiger partial charge in [-0.15, -0.1) is 12.4 Å². The first-order chi connectivity index (χ1) is 15.4. The molecule has 1 aliphatic heterocycles. The third kappa shape index (κ3) is 5.70. The SMILES string of the molecule is Cc1nn(C2CNC(OC(C)C)(c3ccccc3)C(NCc3ccccc3)C2)c(C)c1C.Cl.O. The highest BCUT2D eigenvalue weighted by Crippen LogP contribution is 2.37. The number of aryl methyl sites for hydroxylation is 1. The fraction of sp³-hybridized carbons (Fsp3) is 0.444. The minimum atomic E-state index is -0.605. The van der Waals surface area contributed by atoms with Crippen LogP contribution in [0.5, 0.6) is 0 Å². The van der Waals surface area contributed by atoms with Crippen LogP contribution in [0.4, 0.5) is 0 Å². The summed E-state index contributed by atoms with van der Waals surface area (Å²) < 4.78 is 8.91. The summed E-state index contributed by atoms with van der Waals surface area (Å²) in [6.45, 7) is 12.2. The van der Waals surface area contributed by atoms with E-state index < -0.39 is 5.72 Å². The van der Waals surface area contributed by atoms with E-state index >= 15 is 0 Å². The van der Waals surface area contributed by atoms with E-state index in [0.29, 0.717) is 0 Å². The van der Waals surface area contributed by atoms with Gasteiger partial charge < -0.3 is 15.5 Å². The summed E-state index contributed by atoms with van der Waals surface area (Å²) in [5.74, 6) is 0. The number of nitrogens with zero attached hydrogens (tertiary/aromatic N) is 2. The third-order valence-corrected chi connectivity index (χ3v) is 6.65. The van der Waals surface area contributed by atoms with Crippen molar-refractivity contribution in [3.05, 3.63) is 88.7 Å². The second-order valence-electron chi connectivity index (χ2n) is 9.20. The normalized spacial score (nSPS) is 22.2. The van der Waals surface area contributed by atoms with Gasteiger partial charge in [-0.1, -0.05) is 60.7 Å². The van der Waals surface area contributed by atoms with Crippen molar-refractivity contribution in [2.45, 2.75) is 71.5 Å². The quantitative estimate of drug-likeness (QED) is 0.519. The standard InChI is InChI=1S/C27H36N4O.ClH.H2O/c1-19(2)32-27(24-14-10-7-11-15-24)26(28-17-23-12-8-6-9-13-23)16-25(18-29-27)31-22(5)20(3)21(4)30-31;;/h6-15,19,25-26,28-29H,16-18H2,1-5H3;1H;1H2. The molecule has 0 spiro atoms. The summed E-state index contributed by atoms with van der Waals surface area (Å²) in [5, 5.41) is 12.5. The molecule has 0 bridgehead atoms. The van der Waals surface area contributed by atoms with E-state index in [4.69, 9.17) is 9.84 Å². The lowest BCUT2D eigenvalue weighted by atomic mass is 9.85. The molecule has 0 amide bonds. The Hall–Kier alpha value is -2.22. The Balaban J connectivity index is 0.00000204. The highest BCUT2D eigenvalue weighted by Gasteiger charge is 2.47. The number of piperidine rings is 1. The van der Waals surface area contributed by atoms with Crippen molar-refractivity contribution in [1.29, 1.82) is 0 Å². The largest absolute Gasteiger partial charge is 0.412 e. The minimum absolute atomic E-state index is 0. The number of rotatable bonds is 7. The molecule has 2 aromatic carbocycles. The Morgan fingerprint density at radius 3 is 2.24 bits per heavy atom. The van der Waals surface area contributed by atoms with Gasteiger partial charge in [0, 0.05) is 24.3 Å². The maximum atomic E-state index is 6.71. The fourth-order valence-corrected chi connectivity index (χ4v) is 4.82. The lowest BCUT2D eigenvalue weighted by Gasteiger charge is -2.48. The average molecular weight is 487 g/mol. The maximum Gasteiger partial charge on any atom is 0.161 e. The number of aromatic nitrogens is 2. The van der Waals surface area contributed by atoms with Crippen LogP contribution in [0.3, 0.4) is 0 Å². The highest BCUT2D eigenvalue weighted by molar-refractivity contribution is 5.85. The molecule has 3 aromatic rings. The number of halogens is 1. The van der Waals surface area contributed by atoms with Crippen LogP contribution in [0.25, 0.3) is 0 Å². The zero-order valence-corrected chi connectivity index (χ0v) is 21.7. The van der Waals surface area contributed by atoms with Crippen LogP contribution in [0.1, 0.15) is 54.4 Å². The summed E-state index contributed by atoms with van der Waals surface area (Å²) in [5.41, 5.74) is 5.44. The van der Waals surface area contributed by atoms with Gasteiger partial charge in [0.25, 0.3) is 0 Å². The smallest absolute Gasteiger partial charge is 0.161 e. The van der Waals surface area contributed by atoms with Crippen LogP contribution in [-0.4, -0.2) is 33.9 Å². The van der Waals surface area contributed by atoms with Gasteiger partial charge >= 0.3 is 0 Å². The molecule has 4 N–H and O–H groups in total. The van der Waals surface area contributed by atoms with Crippen molar-refractivity contribution in [1.82, 2.24) is 20.4 Å². The topological polar surface area (TPSA) is 82.6 Å². The van der Waals surface area contributed by atoms with E-state index in [1.807, 2.05) is 0 Å². The molecule has 2 heterocycles. The van der Waals surface area contributed by atoms with Gasteiger partial charge in [-0.3, -0.25) is 10.00 Å².